The first-order chi connectivity index (χ1) is 11.1. The molecule has 1 amide bonds. The molecule has 0 aliphatic carbocycles. The van der Waals surface area contributed by atoms with Gasteiger partial charge in [0.05, 0.1) is 12.0 Å². The molecule has 1 unspecified atom stereocenters. The molecule has 1 heterocycles. The molecule has 0 aliphatic heterocycles. The molecule has 2 aromatic rings. The van der Waals surface area contributed by atoms with Crippen LogP contribution in [0.4, 0.5) is 0 Å². The predicted octanol–water partition coefficient (Wildman–Crippen LogP) is 2.89. The molecular formula is C18H19N3O2. The number of carbonyl (C=O) groups excluding carboxylic acids is 1. The Hall–Kier alpha value is -2.87. The van der Waals surface area contributed by atoms with Gasteiger partial charge < -0.3 is 9.64 Å². The summed E-state index contributed by atoms with van der Waals surface area (Å²) in [5.74, 6) is 0.300. The fourth-order valence-electron chi connectivity index (χ4n) is 2.12. The maximum atomic E-state index is 12.4. The van der Waals surface area contributed by atoms with Crippen molar-refractivity contribution in [2.24, 2.45) is 5.92 Å². The van der Waals surface area contributed by atoms with Gasteiger partial charge in [-0.25, -0.2) is 0 Å². The molecule has 2 rings (SSSR count). The minimum atomic E-state index is -0.200. The molecule has 1 atom stereocenters. The number of benzene rings is 1. The largest absolute Gasteiger partial charge is 0.489 e. The highest BCUT2D eigenvalue weighted by Gasteiger charge is 2.14. The standard InChI is InChI=1S/C18H19N3O2/c1-14(10-19)12-21(2)18(22)16-6-3-7-17(9-16)23-13-15-5-4-8-20-11-15/h3-9,11,14H,12-13H2,1-2H3. The fourth-order valence-corrected chi connectivity index (χ4v) is 2.12. The lowest BCUT2D eigenvalue weighted by molar-refractivity contribution is 0.0784. The van der Waals surface area contributed by atoms with Crippen molar-refractivity contribution in [3.05, 3.63) is 59.9 Å². The van der Waals surface area contributed by atoms with Gasteiger partial charge in [-0.05, 0) is 31.2 Å². The van der Waals surface area contributed by atoms with Gasteiger partial charge in [0.2, 0.25) is 0 Å². The van der Waals surface area contributed by atoms with Gasteiger partial charge in [-0.3, -0.25) is 9.78 Å². The van der Waals surface area contributed by atoms with Crippen molar-refractivity contribution < 1.29 is 9.53 Å². The molecule has 5 nitrogen and oxygen atoms in total. The normalized spacial score (nSPS) is 11.3. The van der Waals surface area contributed by atoms with Gasteiger partial charge in [0.15, 0.2) is 0 Å². The first kappa shape index (κ1) is 16.5. The second kappa shape index (κ2) is 7.95. The molecule has 0 bridgehead atoms. The molecule has 0 spiro atoms. The van der Waals surface area contributed by atoms with E-state index in [-0.39, 0.29) is 11.8 Å². The van der Waals surface area contributed by atoms with Crippen LogP contribution in [0.15, 0.2) is 48.8 Å². The highest BCUT2D eigenvalue weighted by atomic mass is 16.5. The van der Waals surface area contributed by atoms with E-state index in [0.717, 1.165) is 5.56 Å². The van der Waals surface area contributed by atoms with Crippen LogP contribution in [0.25, 0.3) is 0 Å². The number of pyridine rings is 1. The summed E-state index contributed by atoms with van der Waals surface area (Å²) in [6.45, 7) is 2.58. The average Bonchev–Trinajstić information content (AvgIpc) is 2.60. The van der Waals surface area contributed by atoms with Gasteiger partial charge in [-0.15, -0.1) is 0 Å². The Balaban J connectivity index is 2.01. The summed E-state index contributed by atoms with van der Waals surface area (Å²) in [7, 11) is 1.69. The smallest absolute Gasteiger partial charge is 0.253 e. The fraction of sp³-hybridized carbons (Fsp3) is 0.278. The summed E-state index contributed by atoms with van der Waals surface area (Å²) >= 11 is 0. The quantitative estimate of drug-likeness (QED) is 0.823. The lowest BCUT2D eigenvalue weighted by Crippen LogP contribution is -2.30. The summed E-state index contributed by atoms with van der Waals surface area (Å²) in [5, 5.41) is 8.85. The van der Waals surface area contributed by atoms with Crippen molar-refractivity contribution in [2.75, 3.05) is 13.6 Å². The number of aromatic nitrogens is 1. The lowest BCUT2D eigenvalue weighted by Gasteiger charge is -2.18. The van der Waals surface area contributed by atoms with E-state index in [2.05, 4.69) is 11.1 Å². The second-order valence-electron chi connectivity index (χ2n) is 5.39. The zero-order chi connectivity index (χ0) is 16.7. The van der Waals surface area contributed by atoms with Gasteiger partial charge >= 0.3 is 0 Å². The monoisotopic (exact) mass is 309 g/mol. The zero-order valence-electron chi connectivity index (χ0n) is 13.3. The van der Waals surface area contributed by atoms with Crippen LogP contribution in [0.2, 0.25) is 0 Å². The van der Waals surface area contributed by atoms with E-state index < -0.39 is 0 Å². The van der Waals surface area contributed by atoms with E-state index in [1.807, 2.05) is 18.2 Å². The predicted molar refractivity (Wildman–Crippen MR) is 86.7 cm³/mol. The summed E-state index contributed by atoms with van der Waals surface area (Å²) in [4.78, 5) is 18.0. The van der Waals surface area contributed by atoms with E-state index in [4.69, 9.17) is 10.00 Å². The zero-order valence-corrected chi connectivity index (χ0v) is 13.3. The topological polar surface area (TPSA) is 66.2 Å². The van der Waals surface area contributed by atoms with Crippen LogP contribution in [-0.4, -0.2) is 29.4 Å². The number of hydrogen-bond donors (Lipinski definition) is 0. The Morgan fingerprint density at radius 3 is 2.91 bits per heavy atom. The van der Waals surface area contributed by atoms with E-state index >= 15 is 0 Å². The Morgan fingerprint density at radius 2 is 2.22 bits per heavy atom. The van der Waals surface area contributed by atoms with E-state index in [9.17, 15) is 4.79 Å². The number of ether oxygens (including phenoxy) is 1. The molecule has 0 aliphatic rings. The third-order valence-corrected chi connectivity index (χ3v) is 3.32. The van der Waals surface area contributed by atoms with Gasteiger partial charge in [0.25, 0.3) is 5.91 Å². The second-order valence-corrected chi connectivity index (χ2v) is 5.39. The molecule has 5 heteroatoms. The minimum absolute atomic E-state index is 0.126. The summed E-state index contributed by atoms with van der Waals surface area (Å²) in [6.07, 6.45) is 3.45. The third-order valence-electron chi connectivity index (χ3n) is 3.32. The van der Waals surface area contributed by atoms with Crippen LogP contribution >= 0.6 is 0 Å². The summed E-state index contributed by atoms with van der Waals surface area (Å²) in [6, 6.07) is 13.0. The van der Waals surface area contributed by atoms with Crippen molar-refractivity contribution >= 4 is 5.91 Å². The van der Waals surface area contributed by atoms with Gasteiger partial charge in [0, 0.05) is 37.1 Å². The molecular weight excluding hydrogens is 290 g/mol. The van der Waals surface area contributed by atoms with Crippen molar-refractivity contribution in [1.29, 1.82) is 5.26 Å². The molecule has 0 saturated heterocycles. The number of hydrogen-bond acceptors (Lipinski definition) is 4. The number of nitrogens with zero attached hydrogens (tertiary/aromatic N) is 3. The number of rotatable bonds is 6. The van der Waals surface area contributed by atoms with Crippen molar-refractivity contribution in [3.8, 4) is 11.8 Å². The first-order valence-corrected chi connectivity index (χ1v) is 7.37. The summed E-state index contributed by atoms with van der Waals surface area (Å²) in [5.41, 5.74) is 1.51. The van der Waals surface area contributed by atoms with Crippen LogP contribution < -0.4 is 4.74 Å². The van der Waals surface area contributed by atoms with Gasteiger partial charge in [0.1, 0.15) is 12.4 Å². The molecule has 0 N–H and O–H groups in total. The Bertz CT molecular complexity index is 695. The van der Waals surface area contributed by atoms with Crippen LogP contribution in [0.5, 0.6) is 5.75 Å². The van der Waals surface area contributed by atoms with Crippen LogP contribution in [0.1, 0.15) is 22.8 Å². The van der Waals surface area contributed by atoms with Crippen molar-refractivity contribution in [3.63, 3.8) is 0 Å². The maximum Gasteiger partial charge on any atom is 0.253 e. The number of carbonyl (C=O) groups is 1. The highest BCUT2D eigenvalue weighted by molar-refractivity contribution is 5.94. The Morgan fingerprint density at radius 1 is 1.39 bits per heavy atom. The first-order valence-electron chi connectivity index (χ1n) is 7.37. The Kier molecular flexibility index (Phi) is 5.70. The van der Waals surface area contributed by atoms with E-state index in [0.29, 0.717) is 24.5 Å². The molecule has 0 fully saturated rings. The number of amides is 1. The molecule has 0 radical (unpaired) electrons. The average molecular weight is 309 g/mol. The highest BCUT2D eigenvalue weighted by Crippen LogP contribution is 2.16. The molecule has 118 valence electrons. The molecule has 1 aromatic carbocycles. The lowest BCUT2D eigenvalue weighted by atomic mass is 10.1. The van der Waals surface area contributed by atoms with Crippen LogP contribution in [0.3, 0.4) is 0 Å². The molecule has 23 heavy (non-hydrogen) atoms. The molecule has 1 aromatic heterocycles. The molecule has 0 saturated carbocycles. The maximum absolute atomic E-state index is 12.4. The van der Waals surface area contributed by atoms with Crippen LogP contribution in [0, 0.1) is 17.2 Å². The number of nitriles is 1. The third kappa shape index (κ3) is 4.82. The Labute approximate surface area is 136 Å². The minimum Gasteiger partial charge on any atom is -0.489 e. The summed E-state index contributed by atoms with van der Waals surface area (Å²) < 4.78 is 5.70. The van der Waals surface area contributed by atoms with Crippen LogP contribution in [-0.2, 0) is 6.61 Å². The van der Waals surface area contributed by atoms with Gasteiger partial charge in [-0.2, -0.15) is 5.26 Å². The van der Waals surface area contributed by atoms with Gasteiger partial charge in [-0.1, -0.05) is 12.1 Å². The van der Waals surface area contributed by atoms with Crippen molar-refractivity contribution in [2.45, 2.75) is 13.5 Å². The SMILES string of the molecule is CC(C#N)CN(C)C(=O)c1cccc(OCc2cccnc2)c1. The van der Waals surface area contributed by atoms with E-state index in [1.165, 1.54) is 0 Å². The van der Waals surface area contributed by atoms with E-state index in [1.54, 1.807) is 49.5 Å². The van der Waals surface area contributed by atoms with Crippen molar-refractivity contribution in [1.82, 2.24) is 9.88 Å².